The van der Waals surface area contributed by atoms with Crippen LogP contribution in [0.5, 0.6) is 11.5 Å². The van der Waals surface area contributed by atoms with Crippen LogP contribution < -0.4 is 10.1 Å². The fraction of sp³-hybridized carbons (Fsp3) is 0.455. The Morgan fingerprint density at radius 2 is 2.06 bits per heavy atom. The molecule has 0 heterocycles. The number of hydrogen-bond donors (Lipinski definition) is 4. The molecule has 1 rings (SSSR count). The zero-order valence-corrected chi connectivity index (χ0v) is 9.34. The van der Waals surface area contributed by atoms with Gasteiger partial charge in [-0.1, -0.05) is 0 Å². The molecule has 16 heavy (non-hydrogen) atoms. The topological polar surface area (TPSA) is 82.0 Å². The predicted octanol–water partition coefficient (Wildman–Crippen LogP) is 0.0145. The van der Waals surface area contributed by atoms with Crippen LogP contribution in [0.1, 0.15) is 11.7 Å². The normalized spacial score (nSPS) is 14.5. The molecule has 1 aromatic rings. The van der Waals surface area contributed by atoms with E-state index in [1.165, 1.54) is 19.2 Å². The summed E-state index contributed by atoms with van der Waals surface area (Å²) < 4.78 is 4.92. The molecule has 0 aliphatic carbocycles. The van der Waals surface area contributed by atoms with Crippen LogP contribution in [-0.2, 0) is 0 Å². The molecule has 2 atom stereocenters. The molecular weight excluding hydrogens is 210 g/mol. The number of benzene rings is 1. The van der Waals surface area contributed by atoms with Crippen LogP contribution in [0.25, 0.3) is 0 Å². The molecule has 0 spiro atoms. The molecule has 5 heteroatoms. The Kier molecular flexibility index (Phi) is 4.54. The summed E-state index contributed by atoms with van der Waals surface area (Å²) >= 11 is 0. The van der Waals surface area contributed by atoms with Gasteiger partial charge in [-0.15, -0.1) is 0 Å². The predicted molar refractivity (Wildman–Crippen MR) is 59.6 cm³/mol. The summed E-state index contributed by atoms with van der Waals surface area (Å²) in [4.78, 5) is 0. The molecule has 4 N–H and O–H groups in total. The average molecular weight is 227 g/mol. The lowest BCUT2D eigenvalue weighted by molar-refractivity contribution is 0.0189. The van der Waals surface area contributed by atoms with Gasteiger partial charge in [-0.3, -0.25) is 0 Å². The van der Waals surface area contributed by atoms with Crippen LogP contribution in [0.2, 0.25) is 0 Å². The molecule has 0 fully saturated rings. The number of hydrogen-bond acceptors (Lipinski definition) is 5. The molecule has 90 valence electrons. The SMILES string of the molecule is CNCC(O)C(O)c1ccc(OC)cc1O. The van der Waals surface area contributed by atoms with Crippen molar-refractivity contribution in [3.63, 3.8) is 0 Å². The van der Waals surface area contributed by atoms with E-state index in [2.05, 4.69) is 5.32 Å². The lowest BCUT2D eigenvalue weighted by Crippen LogP contribution is -2.29. The summed E-state index contributed by atoms with van der Waals surface area (Å²) in [6.45, 7) is 0.243. The van der Waals surface area contributed by atoms with Gasteiger partial charge < -0.3 is 25.4 Å². The zero-order chi connectivity index (χ0) is 12.1. The first-order valence-corrected chi connectivity index (χ1v) is 4.97. The number of rotatable bonds is 5. The smallest absolute Gasteiger partial charge is 0.125 e. The van der Waals surface area contributed by atoms with Crippen LogP contribution in [0.15, 0.2) is 18.2 Å². The van der Waals surface area contributed by atoms with Crippen LogP contribution >= 0.6 is 0 Å². The second-order valence-electron chi connectivity index (χ2n) is 3.49. The summed E-state index contributed by atoms with van der Waals surface area (Å²) in [7, 11) is 3.16. The highest BCUT2D eigenvalue weighted by Crippen LogP contribution is 2.29. The number of likely N-dealkylation sites (N-methyl/N-ethyl adjacent to an activating group) is 1. The fourth-order valence-electron chi connectivity index (χ4n) is 1.43. The van der Waals surface area contributed by atoms with Crippen LogP contribution in [0.3, 0.4) is 0 Å². The number of phenols is 1. The van der Waals surface area contributed by atoms with Crippen molar-refractivity contribution in [2.75, 3.05) is 20.7 Å². The number of methoxy groups -OCH3 is 1. The Morgan fingerprint density at radius 1 is 1.38 bits per heavy atom. The van der Waals surface area contributed by atoms with Gasteiger partial charge in [-0.2, -0.15) is 0 Å². The molecule has 0 amide bonds. The van der Waals surface area contributed by atoms with Crippen molar-refractivity contribution in [3.05, 3.63) is 23.8 Å². The maximum Gasteiger partial charge on any atom is 0.125 e. The van der Waals surface area contributed by atoms with Crippen molar-refractivity contribution in [2.45, 2.75) is 12.2 Å². The number of aromatic hydroxyl groups is 1. The van der Waals surface area contributed by atoms with Gasteiger partial charge >= 0.3 is 0 Å². The molecule has 0 saturated carbocycles. The highest BCUT2D eigenvalue weighted by atomic mass is 16.5. The lowest BCUT2D eigenvalue weighted by atomic mass is 10.0. The third-order valence-electron chi connectivity index (χ3n) is 2.33. The van der Waals surface area contributed by atoms with Gasteiger partial charge in [0.05, 0.1) is 13.2 Å². The Balaban J connectivity index is 2.87. The van der Waals surface area contributed by atoms with E-state index in [1.54, 1.807) is 13.1 Å². The average Bonchev–Trinajstić information content (AvgIpc) is 2.28. The van der Waals surface area contributed by atoms with Crippen molar-refractivity contribution >= 4 is 0 Å². The largest absolute Gasteiger partial charge is 0.507 e. The lowest BCUT2D eigenvalue weighted by Gasteiger charge is -2.19. The van der Waals surface area contributed by atoms with Crippen molar-refractivity contribution < 1.29 is 20.1 Å². The third-order valence-corrected chi connectivity index (χ3v) is 2.33. The molecule has 5 nitrogen and oxygen atoms in total. The highest BCUT2D eigenvalue weighted by molar-refractivity contribution is 5.41. The van der Waals surface area contributed by atoms with Gasteiger partial charge in [-0.05, 0) is 19.2 Å². The van der Waals surface area contributed by atoms with Crippen molar-refractivity contribution in [1.82, 2.24) is 5.32 Å². The van der Waals surface area contributed by atoms with E-state index in [-0.39, 0.29) is 17.9 Å². The zero-order valence-electron chi connectivity index (χ0n) is 9.34. The summed E-state index contributed by atoms with van der Waals surface area (Å²) in [6.07, 6.45) is -2.09. The first kappa shape index (κ1) is 12.8. The molecule has 0 aromatic heterocycles. The van der Waals surface area contributed by atoms with Crippen LogP contribution in [0.4, 0.5) is 0 Å². The molecule has 0 saturated heterocycles. The third kappa shape index (κ3) is 2.85. The van der Waals surface area contributed by atoms with E-state index < -0.39 is 12.2 Å². The van der Waals surface area contributed by atoms with E-state index in [0.717, 1.165) is 0 Å². The van der Waals surface area contributed by atoms with Crippen LogP contribution in [0, 0.1) is 0 Å². The van der Waals surface area contributed by atoms with Gasteiger partial charge in [0.15, 0.2) is 0 Å². The van der Waals surface area contributed by atoms with E-state index in [0.29, 0.717) is 5.75 Å². The van der Waals surface area contributed by atoms with E-state index in [1.807, 2.05) is 0 Å². The molecule has 0 bridgehead atoms. The molecule has 0 radical (unpaired) electrons. The summed E-state index contributed by atoms with van der Waals surface area (Å²) in [5.41, 5.74) is 0.281. The Hall–Kier alpha value is -1.30. The fourth-order valence-corrected chi connectivity index (χ4v) is 1.43. The minimum Gasteiger partial charge on any atom is -0.507 e. The summed E-state index contributed by atoms with van der Waals surface area (Å²) in [6, 6.07) is 4.53. The summed E-state index contributed by atoms with van der Waals surface area (Å²) in [5, 5.41) is 31.7. The monoisotopic (exact) mass is 227 g/mol. The van der Waals surface area contributed by atoms with Gasteiger partial charge in [0, 0.05) is 18.2 Å². The van der Waals surface area contributed by atoms with Crippen molar-refractivity contribution in [3.8, 4) is 11.5 Å². The minimum atomic E-state index is -1.13. The number of aliphatic hydroxyl groups excluding tert-OH is 2. The molecule has 0 aliphatic rings. The maximum atomic E-state index is 9.77. The first-order valence-electron chi connectivity index (χ1n) is 4.97. The quantitative estimate of drug-likeness (QED) is 0.570. The van der Waals surface area contributed by atoms with Gasteiger partial charge in [0.1, 0.15) is 17.6 Å². The Labute approximate surface area is 94.3 Å². The molecule has 2 unspecified atom stereocenters. The van der Waals surface area contributed by atoms with Crippen molar-refractivity contribution in [2.24, 2.45) is 0 Å². The summed E-state index contributed by atoms with van der Waals surface area (Å²) in [5.74, 6) is 0.401. The Morgan fingerprint density at radius 3 is 2.56 bits per heavy atom. The maximum absolute atomic E-state index is 9.77. The van der Waals surface area contributed by atoms with Gasteiger partial charge in [0.2, 0.25) is 0 Å². The standard InChI is InChI=1S/C11H17NO4/c1-12-6-10(14)11(15)8-4-3-7(16-2)5-9(8)13/h3-5,10-15H,6H2,1-2H3. The molecule has 0 aliphatic heterocycles. The van der Waals surface area contributed by atoms with Gasteiger partial charge in [-0.25, -0.2) is 0 Å². The van der Waals surface area contributed by atoms with Gasteiger partial charge in [0.25, 0.3) is 0 Å². The second kappa shape index (κ2) is 5.69. The van der Waals surface area contributed by atoms with E-state index >= 15 is 0 Å². The number of aliphatic hydroxyl groups is 2. The van der Waals surface area contributed by atoms with Crippen LogP contribution in [-0.4, -0.2) is 42.1 Å². The number of nitrogens with one attached hydrogen (secondary N) is 1. The first-order chi connectivity index (χ1) is 7.60. The minimum absolute atomic E-state index is 0.0954. The van der Waals surface area contributed by atoms with Crippen molar-refractivity contribution in [1.29, 1.82) is 0 Å². The Bertz CT molecular complexity index is 343. The number of phenolic OH excluding ortho intramolecular Hbond substituents is 1. The second-order valence-corrected chi connectivity index (χ2v) is 3.49. The van der Waals surface area contributed by atoms with E-state index in [4.69, 9.17) is 4.74 Å². The van der Waals surface area contributed by atoms with E-state index in [9.17, 15) is 15.3 Å². The highest BCUT2D eigenvalue weighted by Gasteiger charge is 2.20. The number of ether oxygens (including phenoxy) is 1. The molecule has 1 aromatic carbocycles. The molecular formula is C11H17NO4.